The fraction of sp³-hybridized carbons (Fsp3) is 0.571. The smallest absolute Gasteiger partial charge is 0.370 e. The van der Waals surface area contributed by atoms with Crippen molar-refractivity contribution in [3.63, 3.8) is 0 Å². The van der Waals surface area contributed by atoms with Crippen LogP contribution in [0.4, 0.5) is 19.0 Å². The average Bonchev–Trinajstić information content (AvgIpc) is 2.46. The largest absolute Gasteiger partial charge is 0.393 e. The van der Waals surface area contributed by atoms with E-state index in [1.165, 1.54) is 11.0 Å². The van der Waals surface area contributed by atoms with Gasteiger partial charge in [0.15, 0.2) is 0 Å². The number of anilines is 1. The predicted octanol–water partition coefficient (Wildman–Crippen LogP) is 2.93. The van der Waals surface area contributed by atoms with Crippen LogP contribution in [0, 0.1) is 5.92 Å². The lowest BCUT2D eigenvalue weighted by Crippen LogP contribution is -2.44. The monoisotopic (exact) mass is 301 g/mol. The Hall–Kier alpha value is -1.79. The van der Waals surface area contributed by atoms with Crippen LogP contribution in [0.2, 0.25) is 0 Å². The highest BCUT2D eigenvalue weighted by atomic mass is 19.4. The van der Waals surface area contributed by atoms with Crippen molar-refractivity contribution in [2.45, 2.75) is 25.9 Å². The van der Waals surface area contributed by atoms with Gasteiger partial charge in [-0.25, -0.2) is 4.98 Å². The van der Waals surface area contributed by atoms with Gasteiger partial charge >= 0.3 is 6.18 Å². The van der Waals surface area contributed by atoms with E-state index in [1.807, 2.05) is 6.92 Å². The molecule has 7 heteroatoms. The first kappa shape index (κ1) is 15.6. The van der Waals surface area contributed by atoms with E-state index in [1.54, 1.807) is 12.1 Å². The van der Waals surface area contributed by atoms with E-state index in [2.05, 4.69) is 10.3 Å². The van der Waals surface area contributed by atoms with Crippen LogP contribution in [0.25, 0.3) is 0 Å². The van der Waals surface area contributed by atoms with Gasteiger partial charge in [0.2, 0.25) is 0 Å². The quantitative estimate of drug-likeness (QED) is 0.933. The number of carbonyl (C=O) groups excluding carboxylic acids is 1. The SMILES string of the molecule is CCNc1cccc(C(=O)N2CCCC(C(F)(F)F)C2)n1. The highest BCUT2D eigenvalue weighted by Gasteiger charge is 2.42. The standard InChI is InChI=1S/C14H18F3N3O/c1-2-18-12-7-3-6-11(19-12)13(21)20-8-4-5-10(9-20)14(15,16)17/h3,6-7,10H,2,4-5,8-9H2,1H3,(H,18,19). The molecular weight excluding hydrogens is 283 g/mol. The summed E-state index contributed by atoms with van der Waals surface area (Å²) in [6.07, 6.45) is -3.81. The zero-order valence-electron chi connectivity index (χ0n) is 11.8. The van der Waals surface area contributed by atoms with Crippen LogP contribution in [0.3, 0.4) is 0 Å². The summed E-state index contributed by atoms with van der Waals surface area (Å²) < 4.78 is 38.3. The first-order valence-electron chi connectivity index (χ1n) is 6.98. The number of nitrogens with one attached hydrogen (secondary N) is 1. The van der Waals surface area contributed by atoms with Crippen LogP contribution in [0.15, 0.2) is 18.2 Å². The molecule has 2 rings (SSSR count). The van der Waals surface area contributed by atoms with E-state index >= 15 is 0 Å². The van der Waals surface area contributed by atoms with Crippen LogP contribution in [-0.4, -0.2) is 41.6 Å². The summed E-state index contributed by atoms with van der Waals surface area (Å²) in [6.45, 7) is 2.62. The third-order valence-electron chi connectivity index (χ3n) is 3.50. The molecule has 0 aliphatic carbocycles. The fourth-order valence-electron chi connectivity index (χ4n) is 2.42. The number of aromatic nitrogens is 1. The Kier molecular flexibility index (Phi) is 4.69. The van der Waals surface area contributed by atoms with Gasteiger partial charge in [0, 0.05) is 19.6 Å². The molecule has 1 aromatic heterocycles. The highest BCUT2D eigenvalue weighted by molar-refractivity contribution is 5.92. The topological polar surface area (TPSA) is 45.2 Å². The van der Waals surface area contributed by atoms with E-state index in [0.29, 0.717) is 25.3 Å². The van der Waals surface area contributed by atoms with Crippen LogP contribution in [0.5, 0.6) is 0 Å². The molecule has 2 heterocycles. The number of hydrogen-bond acceptors (Lipinski definition) is 3. The van der Waals surface area contributed by atoms with Crippen molar-refractivity contribution < 1.29 is 18.0 Å². The molecule has 1 atom stereocenters. The molecule has 0 aromatic carbocycles. The number of pyridine rings is 1. The van der Waals surface area contributed by atoms with Crippen LogP contribution in [0.1, 0.15) is 30.3 Å². The summed E-state index contributed by atoms with van der Waals surface area (Å²) in [7, 11) is 0. The Labute approximate surface area is 121 Å². The Bertz CT molecular complexity index is 504. The minimum atomic E-state index is -4.25. The predicted molar refractivity (Wildman–Crippen MR) is 73.1 cm³/mol. The average molecular weight is 301 g/mol. The Balaban J connectivity index is 2.10. The third-order valence-corrected chi connectivity index (χ3v) is 3.50. The number of alkyl halides is 3. The second kappa shape index (κ2) is 6.32. The summed E-state index contributed by atoms with van der Waals surface area (Å²) in [6, 6.07) is 4.92. The number of nitrogens with zero attached hydrogens (tertiary/aromatic N) is 2. The lowest BCUT2D eigenvalue weighted by atomic mass is 9.97. The van der Waals surface area contributed by atoms with Gasteiger partial charge in [-0.2, -0.15) is 13.2 Å². The third kappa shape index (κ3) is 3.86. The summed E-state index contributed by atoms with van der Waals surface area (Å²) in [4.78, 5) is 17.7. The molecule has 0 saturated carbocycles. The second-order valence-electron chi connectivity index (χ2n) is 5.07. The molecule has 1 amide bonds. The van der Waals surface area contributed by atoms with Crippen molar-refractivity contribution in [2.75, 3.05) is 25.0 Å². The number of rotatable bonds is 3. The molecule has 0 spiro atoms. The lowest BCUT2D eigenvalue weighted by Gasteiger charge is -2.33. The summed E-state index contributed by atoms with van der Waals surface area (Å²) >= 11 is 0. The molecule has 0 radical (unpaired) electrons. The summed E-state index contributed by atoms with van der Waals surface area (Å²) in [5, 5.41) is 2.98. The van der Waals surface area contributed by atoms with Gasteiger partial charge in [-0.15, -0.1) is 0 Å². The van der Waals surface area contributed by atoms with E-state index < -0.39 is 18.0 Å². The van der Waals surface area contributed by atoms with Crippen molar-refractivity contribution in [3.8, 4) is 0 Å². The zero-order chi connectivity index (χ0) is 15.5. The van der Waals surface area contributed by atoms with Crippen molar-refractivity contribution in [3.05, 3.63) is 23.9 Å². The Morgan fingerprint density at radius 1 is 1.48 bits per heavy atom. The normalized spacial score (nSPS) is 19.4. The summed E-state index contributed by atoms with van der Waals surface area (Å²) in [5.74, 6) is -1.33. The number of amides is 1. The maximum atomic E-state index is 12.8. The van der Waals surface area contributed by atoms with E-state index in [9.17, 15) is 18.0 Å². The van der Waals surface area contributed by atoms with Crippen molar-refractivity contribution >= 4 is 11.7 Å². The van der Waals surface area contributed by atoms with E-state index in [4.69, 9.17) is 0 Å². The van der Waals surface area contributed by atoms with Gasteiger partial charge in [-0.05, 0) is 31.9 Å². The molecule has 1 aliphatic rings. The molecule has 0 bridgehead atoms. The van der Waals surface area contributed by atoms with Crippen molar-refractivity contribution in [2.24, 2.45) is 5.92 Å². The van der Waals surface area contributed by atoms with Crippen molar-refractivity contribution in [1.82, 2.24) is 9.88 Å². The molecule has 21 heavy (non-hydrogen) atoms. The molecule has 1 fully saturated rings. The van der Waals surface area contributed by atoms with Gasteiger partial charge in [0.05, 0.1) is 5.92 Å². The molecule has 1 unspecified atom stereocenters. The minimum Gasteiger partial charge on any atom is -0.370 e. The first-order chi connectivity index (χ1) is 9.91. The second-order valence-corrected chi connectivity index (χ2v) is 5.07. The van der Waals surface area contributed by atoms with Crippen LogP contribution in [-0.2, 0) is 0 Å². The fourth-order valence-corrected chi connectivity index (χ4v) is 2.42. The highest BCUT2D eigenvalue weighted by Crippen LogP contribution is 2.33. The van der Waals surface area contributed by atoms with Crippen LogP contribution >= 0.6 is 0 Å². The number of likely N-dealkylation sites (tertiary alicyclic amines) is 1. The molecule has 1 saturated heterocycles. The van der Waals surface area contributed by atoms with E-state index in [0.717, 1.165) is 0 Å². The number of hydrogen-bond donors (Lipinski definition) is 1. The molecule has 116 valence electrons. The Morgan fingerprint density at radius 3 is 2.90 bits per heavy atom. The lowest BCUT2D eigenvalue weighted by molar-refractivity contribution is -0.184. The number of piperidine rings is 1. The van der Waals surface area contributed by atoms with Gasteiger partial charge in [-0.3, -0.25) is 4.79 Å². The first-order valence-corrected chi connectivity index (χ1v) is 6.98. The maximum Gasteiger partial charge on any atom is 0.393 e. The van der Waals surface area contributed by atoms with E-state index in [-0.39, 0.29) is 18.7 Å². The van der Waals surface area contributed by atoms with Gasteiger partial charge < -0.3 is 10.2 Å². The zero-order valence-corrected chi connectivity index (χ0v) is 11.8. The maximum absolute atomic E-state index is 12.8. The molecule has 4 nitrogen and oxygen atoms in total. The number of carbonyl (C=O) groups is 1. The van der Waals surface area contributed by atoms with Gasteiger partial charge in [-0.1, -0.05) is 6.07 Å². The van der Waals surface area contributed by atoms with Crippen molar-refractivity contribution in [1.29, 1.82) is 0 Å². The molecule has 1 aromatic rings. The van der Waals surface area contributed by atoms with Gasteiger partial charge in [0.1, 0.15) is 11.5 Å². The minimum absolute atomic E-state index is 0.0815. The molecular formula is C14H18F3N3O. The van der Waals surface area contributed by atoms with Gasteiger partial charge in [0.25, 0.3) is 5.91 Å². The number of halogens is 3. The summed E-state index contributed by atoms with van der Waals surface area (Å²) in [5.41, 5.74) is 0.177. The van der Waals surface area contributed by atoms with Crippen LogP contribution < -0.4 is 5.32 Å². The Morgan fingerprint density at radius 2 is 2.24 bits per heavy atom. The molecule has 1 aliphatic heterocycles. The molecule has 1 N–H and O–H groups in total.